The molecule has 3 saturated carbocycles. The van der Waals surface area contributed by atoms with E-state index in [-0.39, 0.29) is 28.7 Å². The molecular weight excluding hydrogens is 471 g/mol. The van der Waals surface area contributed by atoms with Crippen molar-refractivity contribution in [2.24, 2.45) is 11.3 Å². The minimum absolute atomic E-state index is 0.0214. The number of alkyl halides is 3. The fourth-order valence-electron chi connectivity index (χ4n) is 6.00. The summed E-state index contributed by atoms with van der Waals surface area (Å²) in [7, 11) is 0. The number of hydrogen-bond donors (Lipinski definition) is 1. The number of aliphatic hydroxyl groups is 1. The van der Waals surface area contributed by atoms with E-state index in [2.05, 4.69) is 15.5 Å². The van der Waals surface area contributed by atoms with Crippen LogP contribution in [0.25, 0.3) is 0 Å². The van der Waals surface area contributed by atoms with Crippen LogP contribution in [-0.2, 0) is 17.6 Å². The fraction of sp³-hybridized carbons (Fsp3) is 0.458. The highest BCUT2D eigenvalue weighted by molar-refractivity contribution is 5.42. The van der Waals surface area contributed by atoms with Gasteiger partial charge in [0, 0.05) is 11.6 Å². The van der Waals surface area contributed by atoms with Gasteiger partial charge >= 0.3 is 6.18 Å². The Hall–Kier alpha value is -3.08. The van der Waals surface area contributed by atoms with E-state index in [0.717, 1.165) is 37.0 Å². The third kappa shape index (κ3) is 4.05. The van der Waals surface area contributed by atoms with Crippen molar-refractivity contribution < 1.29 is 31.8 Å². The van der Waals surface area contributed by atoms with E-state index < -0.39 is 35.9 Å². The van der Waals surface area contributed by atoms with Gasteiger partial charge in [-0.3, -0.25) is 0 Å². The summed E-state index contributed by atoms with van der Waals surface area (Å²) >= 11 is 0. The van der Waals surface area contributed by atoms with Crippen molar-refractivity contribution in [3.8, 4) is 5.75 Å². The quantitative estimate of drug-likeness (QED) is 0.466. The summed E-state index contributed by atoms with van der Waals surface area (Å²) in [6, 6.07) is 9.71. The van der Waals surface area contributed by atoms with Crippen LogP contribution in [0.1, 0.15) is 37.3 Å². The van der Waals surface area contributed by atoms with Gasteiger partial charge in [0.2, 0.25) is 0 Å². The van der Waals surface area contributed by atoms with Gasteiger partial charge in [0.1, 0.15) is 29.3 Å². The average Bonchev–Trinajstić information content (AvgIpc) is 3.23. The number of ether oxygens (including phenoxy) is 1. The second kappa shape index (κ2) is 7.97. The SMILES string of the molecule is CC(C12CC(c3ccc(OCC(F)(F)F)cc3)(C1)C2)[C@](O)(Cn1cnnn1)c1ccc(F)cc1F. The summed E-state index contributed by atoms with van der Waals surface area (Å²) in [5.74, 6) is -1.86. The first kappa shape index (κ1) is 23.7. The zero-order valence-electron chi connectivity index (χ0n) is 18.8. The predicted molar refractivity (Wildman–Crippen MR) is 113 cm³/mol. The van der Waals surface area contributed by atoms with Crippen LogP contribution in [0.4, 0.5) is 22.0 Å². The molecule has 1 unspecified atom stereocenters. The minimum Gasteiger partial charge on any atom is -0.484 e. The van der Waals surface area contributed by atoms with Crippen molar-refractivity contribution in [1.29, 1.82) is 0 Å². The molecule has 3 aromatic rings. The number of aromatic nitrogens is 4. The van der Waals surface area contributed by atoms with Gasteiger partial charge in [-0.25, -0.2) is 13.5 Å². The molecule has 0 radical (unpaired) electrons. The van der Waals surface area contributed by atoms with E-state index in [1.165, 1.54) is 29.2 Å². The van der Waals surface area contributed by atoms with Gasteiger partial charge in [-0.05, 0) is 70.2 Å². The van der Waals surface area contributed by atoms with Crippen molar-refractivity contribution in [2.45, 2.75) is 49.9 Å². The van der Waals surface area contributed by atoms with Gasteiger partial charge in [0.25, 0.3) is 0 Å². The largest absolute Gasteiger partial charge is 0.484 e. The lowest BCUT2D eigenvalue weighted by atomic mass is 9.29. The lowest BCUT2D eigenvalue weighted by molar-refractivity contribution is -0.231. The van der Waals surface area contributed by atoms with Crippen LogP contribution in [0.2, 0.25) is 0 Å². The predicted octanol–water partition coefficient (Wildman–Crippen LogP) is 4.54. The average molecular weight is 494 g/mol. The van der Waals surface area contributed by atoms with Crippen molar-refractivity contribution in [3.63, 3.8) is 0 Å². The van der Waals surface area contributed by atoms with E-state index in [4.69, 9.17) is 4.74 Å². The van der Waals surface area contributed by atoms with E-state index >= 15 is 0 Å². The number of hydrogen-bond acceptors (Lipinski definition) is 5. The van der Waals surface area contributed by atoms with E-state index in [1.807, 2.05) is 6.92 Å². The Morgan fingerprint density at radius 2 is 1.77 bits per heavy atom. The Morgan fingerprint density at radius 3 is 2.34 bits per heavy atom. The van der Waals surface area contributed by atoms with Crippen LogP contribution >= 0.6 is 0 Å². The van der Waals surface area contributed by atoms with Crippen molar-refractivity contribution in [1.82, 2.24) is 20.2 Å². The summed E-state index contributed by atoms with van der Waals surface area (Å²) in [6.45, 7) is 0.395. The standard InChI is InChI=1S/C24H23F5N4O2/c1-15(23(34,12-33-14-30-31-32-33)19-7-4-17(25)8-20(19)26)21-9-22(10-21,11-21)16-2-5-18(6-3-16)35-13-24(27,28)29/h2-8,14-15,34H,9-13H2,1H3/t15?,21?,22?,23-/m1/s1. The van der Waals surface area contributed by atoms with Crippen LogP contribution in [-0.4, -0.2) is 38.1 Å². The molecule has 2 bridgehead atoms. The van der Waals surface area contributed by atoms with Gasteiger partial charge in [-0.2, -0.15) is 13.2 Å². The molecule has 0 saturated heterocycles. The van der Waals surface area contributed by atoms with Crippen molar-refractivity contribution in [2.75, 3.05) is 6.61 Å². The maximum Gasteiger partial charge on any atom is 0.422 e. The molecule has 186 valence electrons. The third-order valence-corrected chi connectivity index (χ3v) is 7.77. The first-order chi connectivity index (χ1) is 16.4. The van der Waals surface area contributed by atoms with Gasteiger partial charge < -0.3 is 9.84 Å². The highest BCUT2D eigenvalue weighted by Crippen LogP contribution is 2.78. The Balaban J connectivity index is 1.35. The van der Waals surface area contributed by atoms with Crippen LogP contribution in [0.15, 0.2) is 48.8 Å². The molecule has 3 aliphatic carbocycles. The second-order valence-corrected chi connectivity index (χ2v) is 9.88. The topological polar surface area (TPSA) is 73.1 Å². The maximum absolute atomic E-state index is 14.8. The highest BCUT2D eigenvalue weighted by atomic mass is 19.4. The third-order valence-electron chi connectivity index (χ3n) is 7.77. The first-order valence-corrected chi connectivity index (χ1v) is 11.1. The Labute approximate surface area is 197 Å². The fourth-order valence-corrected chi connectivity index (χ4v) is 6.00. The van der Waals surface area contributed by atoms with Gasteiger partial charge in [0.15, 0.2) is 6.61 Å². The van der Waals surface area contributed by atoms with Gasteiger partial charge in [-0.15, -0.1) is 5.10 Å². The number of benzene rings is 2. The van der Waals surface area contributed by atoms with E-state index in [0.29, 0.717) is 0 Å². The van der Waals surface area contributed by atoms with Gasteiger partial charge in [0.05, 0.1) is 6.54 Å². The minimum atomic E-state index is -4.40. The number of rotatable bonds is 8. The molecule has 0 amide bonds. The van der Waals surface area contributed by atoms with Crippen molar-refractivity contribution >= 4 is 0 Å². The molecule has 35 heavy (non-hydrogen) atoms. The van der Waals surface area contributed by atoms with E-state index in [1.54, 1.807) is 12.1 Å². The number of nitrogens with zero attached hydrogens (tertiary/aromatic N) is 4. The summed E-state index contributed by atoms with van der Waals surface area (Å²) < 4.78 is 71.7. The van der Waals surface area contributed by atoms with Crippen LogP contribution in [0.5, 0.6) is 5.75 Å². The zero-order valence-corrected chi connectivity index (χ0v) is 18.8. The molecule has 3 aliphatic rings. The molecule has 3 fully saturated rings. The Kier molecular flexibility index (Phi) is 5.39. The summed E-state index contributed by atoms with van der Waals surface area (Å²) in [6.07, 6.45) is -0.900. The Morgan fingerprint density at radius 1 is 1.09 bits per heavy atom. The molecule has 6 rings (SSSR count). The Bertz CT molecular complexity index is 1200. The van der Waals surface area contributed by atoms with Gasteiger partial charge in [-0.1, -0.05) is 25.1 Å². The van der Waals surface area contributed by atoms with Crippen LogP contribution in [0, 0.1) is 23.0 Å². The molecule has 11 heteroatoms. The van der Waals surface area contributed by atoms with E-state index in [9.17, 15) is 27.1 Å². The van der Waals surface area contributed by atoms with Crippen LogP contribution in [0.3, 0.4) is 0 Å². The molecular formula is C24H23F5N4O2. The highest BCUT2D eigenvalue weighted by Gasteiger charge is 2.72. The lowest BCUT2D eigenvalue weighted by Crippen LogP contribution is -2.70. The summed E-state index contributed by atoms with van der Waals surface area (Å²) in [5, 5.41) is 22.8. The molecule has 0 aliphatic heterocycles. The second-order valence-electron chi connectivity index (χ2n) is 9.88. The summed E-state index contributed by atoms with van der Waals surface area (Å²) in [5.41, 5.74) is -1.16. The molecule has 6 nitrogen and oxygen atoms in total. The number of tetrazole rings is 1. The number of halogens is 5. The van der Waals surface area contributed by atoms with Crippen molar-refractivity contribution in [3.05, 3.63) is 71.6 Å². The molecule has 1 N–H and O–H groups in total. The van der Waals surface area contributed by atoms with Crippen LogP contribution < -0.4 is 4.74 Å². The normalized spacial score (nSPS) is 25.8. The molecule has 1 heterocycles. The summed E-state index contributed by atoms with van der Waals surface area (Å²) in [4.78, 5) is 0. The molecule has 2 atom stereocenters. The first-order valence-electron chi connectivity index (χ1n) is 11.1. The molecule has 1 aromatic heterocycles. The molecule has 0 spiro atoms. The monoisotopic (exact) mass is 494 g/mol. The zero-order chi connectivity index (χ0) is 25.1. The smallest absolute Gasteiger partial charge is 0.422 e. The maximum atomic E-state index is 14.8. The molecule has 2 aromatic carbocycles. The lowest BCUT2D eigenvalue weighted by Gasteiger charge is -2.75.